The van der Waals surface area contributed by atoms with Crippen molar-refractivity contribution in [3.05, 3.63) is 137 Å². The first kappa shape index (κ1) is 26.5. The monoisotopic (exact) mass is 546 g/mol. The third-order valence-corrected chi connectivity index (χ3v) is 7.63. The van der Waals surface area contributed by atoms with Gasteiger partial charge in [-0.05, 0) is 77.7 Å². The van der Waals surface area contributed by atoms with E-state index in [0.717, 1.165) is 35.0 Å². The van der Waals surface area contributed by atoms with Gasteiger partial charge in [-0.1, -0.05) is 42.5 Å². The van der Waals surface area contributed by atoms with Crippen LogP contribution in [0.3, 0.4) is 0 Å². The highest BCUT2D eigenvalue weighted by molar-refractivity contribution is 5.87. The zero-order valence-electron chi connectivity index (χ0n) is 22.7. The lowest BCUT2D eigenvalue weighted by molar-refractivity contribution is 0.112. The second kappa shape index (κ2) is 11.4. The van der Waals surface area contributed by atoms with Gasteiger partial charge >= 0.3 is 0 Å². The Morgan fingerprint density at radius 3 is 2.61 bits per heavy atom. The van der Waals surface area contributed by atoms with Crippen molar-refractivity contribution in [3.8, 4) is 5.75 Å². The second-order valence-corrected chi connectivity index (χ2v) is 10.3. The summed E-state index contributed by atoms with van der Waals surface area (Å²) in [5.74, 6) is -0.257. The Kier molecular flexibility index (Phi) is 7.37. The van der Waals surface area contributed by atoms with Crippen molar-refractivity contribution < 1.29 is 14.3 Å². The molecule has 2 heterocycles. The predicted octanol–water partition coefficient (Wildman–Crippen LogP) is 6.43. The van der Waals surface area contributed by atoms with Crippen molar-refractivity contribution in [1.82, 2.24) is 20.2 Å². The smallest absolute Gasteiger partial charge is 0.150 e. The molecule has 6 aromatic rings. The van der Waals surface area contributed by atoms with Crippen LogP contribution in [-0.2, 0) is 19.6 Å². The van der Waals surface area contributed by atoms with Crippen LogP contribution in [0.15, 0.2) is 97.2 Å². The standard InChI is InChI=1S/C34H31FN4O2/c1-36-34(29-17-27(41)11-9-25(29)21-40)33-28-12-10-26(35)16-30(28)38-31(33)19-37-18-23-7-8-24-13-14-39(32(24)15-23)20-22-5-3-2-4-6-22/h2-17,21,34,36-38,41H,18-20H2,1H3. The van der Waals surface area contributed by atoms with Crippen LogP contribution in [-0.4, -0.2) is 28.0 Å². The number of fused-ring (bicyclic) bond motifs is 2. The Labute approximate surface area is 237 Å². The molecule has 1 atom stereocenters. The highest BCUT2D eigenvalue weighted by atomic mass is 19.1. The molecule has 0 amide bonds. The number of H-pyrrole nitrogens is 1. The summed E-state index contributed by atoms with van der Waals surface area (Å²) in [5.41, 5.74) is 7.15. The Bertz CT molecular complexity index is 1840. The summed E-state index contributed by atoms with van der Waals surface area (Å²) in [5, 5.41) is 19.1. The van der Waals surface area contributed by atoms with Crippen LogP contribution >= 0.6 is 0 Å². The molecule has 0 bridgehead atoms. The van der Waals surface area contributed by atoms with Gasteiger partial charge in [0.1, 0.15) is 17.9 Å². The van der Waals surface area contributed by atoms with Crippen molar-refractivity contribution in [2.24, 2.45) is 0 Å². The van der Waals surface area contributed by atoms with E-state index in [2.05, 4.69) is 74.9 Å². The molecule has 0 fully saturated rings. The fourth-order valence-corrected chi connectivity index (χ4v) is 5.68. The molecule has 0 aliphatic carbocycles. The van der Waals surface area contributed by atoms with Crippen molar-refractivity contribution >= 4 is 28.1 Å². The van der Waals surface area contributed by atoms with E-state index >= 15 is 0 Å². The number of aromatic nitrogens is 2. The molecule has 41 heavy (non-hydrogen) atoms. The van der Waals surface area contributed by atoms with E-state index in [-0.39, 0.29) is 11.6 Å². The zero-order valence-corrected chi connectivity index (χ0v) is 22.7. The minimum atomic E-state index is -0.407. The summed E-state index contributed by atoms with van der Waals surface area (Å²) in [4.78, 5) is 15.3. The fraction of sp³-hybridized carbons (Fsp3) is 0.147. The average molecular weight is 547 g/mol. The summed E-state index contributed by atoms with van der Waals surface area (Å²) in [6, 6.07) is 28.0. The molecule has 0 saturated heterocycles. The lowest BCUT2D eigenvalue weighted by Gasteiger charge is -2.21. The van der Waals surface area contributed by atoms with Gasteiger partial charge in [0.15, 0.2) is 0 Å². The van der Waals surface area contributed by atoms with E-state index < -0.39 is 6.04 Å². The van der Waals surface area contributed by atoms with E-state index in [9.17, 15) is 14.3 Å². The number of phenolic OH excluding ortho intramolecular Hbond substituents is 1. The van der Waals surface area contributed by atoms with Crippen molar-refractivity contribution in [3.63, 3.8) is 0 Å². The molecule has 6 nitrogen and oxygen atoms in total. The maximum Gasteiger partial charge on any atom is 0.150 e. The molecule has 1 unspecified atom stereocenters. The van der Waals surface area contributed by atoms with Gasteiger partial charge in [0.05, 0.1) is 6.04 Å². The SMILES string of the molecule is CNC(c1cc(O)ccc1C=O)c1c(CNCc2ccc3ccn(Cc4ccccc4)c3c2)[nH]c2cc(F)ccc12. The summed E-state index contributed by atoms with van der Waals surface area (Å²) in [6.45, 7) is 1.92. The molecule has 0 saturated carbocycles. The van der Waals surface area contributed by atoms with Gasteiger partial charge in [0.25, 0.3) is 0 Å². The van der Waals surface area contributed by atoms with E-state index in [4.69, 9.17) is 0 Å². The third kappa shape index (κ3) is 5.37. The lowest BCUT2D eigenvalue weighted by Crippen LogP contribution is -2.22. The fourth-order valence-electron chi connectivity index (χ4n) is 5.68. The summed E-state index contributed by atoms with van der Waals surface area (Å²) in [6.07, 6.45) is 2.91. The molecule has 4 N–H and O–H groups in total. The first-order valence-electron chi connectivity index (χ1n) is 13.6. The van der Waals surface area contributed by atoms with Crippen molar-refractivity contribution in [2.75, 3.05) is 7.05 Å². The number of hydrogen-bond donors (Lipinski definition) is 4. The van der Waals surface area contributed by atoms with Crippen LogP contribution in [0, 0.1) is 5.82 Å². The minimum absolute atomic E-state index is 0.0730. The van der Waals surface area contributed by atoms with Crippen LogP contribution in [0.25, 0.3) is 21.8 Å². The molecule has 0 radical (unpaired) electrons. The normalized spacial score (nSPS) is 12.2. The van der Waals surface area contributed by atoms with Gasteiger partial charge in [-0.25, -0.2) is 4.39 Å². The topological polar surface area (TPSA) is 82.1 Å². The molecule has 6 rings (SSSR count). The van der Waals surface area contributed by atoms with E-state index in [1.54, 1.807) is 18.2 Å². The largest absolute Gasteiger partial charge is 0.508 e. The number of nitrogens with zero attached hydrogens (tertiary/aromatic N) is 1. The maximum atomic E-state index is 14.2. The summed E-state index contributed by atoms with van der Waals surface area (Å²) < 4.78 is 16.4. The second-order valence-electron chi connectivity index (χ2n) is 10.3. The molecular formula is C34H31FN4O2. The van der Waals surface area contributed by atoms with Crippen LogP contribution in [0.1, 0.15) is 44.3 Å². The quantitative estimate of drug-likeness (QED) is 0.149. The van der Waals surface area contributed by atoms with Crippen LogP contribution < -0.4 is 10.6 Å². The Morgan fingerprint density at radius 2 is 1.80 bits per heavy atom. The van der Waals surface area contributed by atoms with Crippen molar-refractivity contribution in [2.45, 2.75) is 25.7 Å². The van der Waals surface area contributed by atoms with Gasteiger partial charge in [0.2, 0.25) is 0 Å². The summed E-state index contributed by atoms with van der Waals surface area (Å²) in [7, 11) is 1.81. The molecule has 0 aliphatic rings. The van der Waals surface area contributed by atoms with Gasteiger partial charge in [0, 0.05) is 59.1 Å². The van der Waals surface area contributed by atoms with Gasteiger partial charge in [-0.15, -0.1) is 0 Å². The number of aromatic amines is 1. The summed E-state index contributed by atoms with van der Waals surface area (Å²) >= 11 is 0. The van der Waals surface area contributed by atoms with Crippen LogP contribution in [0.4, 0.5) is 4.39 Å². The molecule has 0 aliphatic heterocycles. The number of aldehydes is 1. The van der Waals surface area contributed by atoms with Gasteiger partial charge < -0.3 is 25.3 Å². The van der Waals surface area contributed by atoms with E-state index in [0.29, 0.717) is 29.7 Å². The minimum Gasteiger partial charge on any atom is -0.508 e. The maximum absolute atomic E-state index is 14.2. The highest BCUT2D eigenvalue weighted by Gasteiger charge is 2.24. The molecule has 0 spiro atoms. The number of halogens is 1. The first-order chi connectivity index (χ1) is 20.0. The van der Waals surface area contributed by atoms with Gasteiger partial charge in [-0.2, -0.15) is 0 Å². The first-order valence-corrected chi connectivity index (χ1v) is 13.6. The molecular weight excluding hydrogens is 515 g/mol. The number of benzene rings is 4. The van der Waals surface area contributed by atoms with Crippen LogP contribution in [0.5, 0.6) is 5.75 Å². The Hall–Kier alpha value is -4.72. The Morgan fingerprint density at radius 1 is 0.951 bits per heavy atom. The predicted molar refractivity (Wildman–Crippen MR) is 161 cm³/mol. The molecule has 7 heteroatoms. The van der Waals surface area contributed by atoms with E-state index in [1.165, 1.54) is 34.7 Å². The number of phenols is 1. The number of carbonyl (C=O) groups is 1. The number of nitrogens with one attached hydrogen (secondary N) is 3. The zero-order chi connectivity index (χ0) is 28.3. The third-order valence-electron chi connectivity index (χ3n) is 7.63. The number of aromatic hydroxyl groups is 1. The molecule has 206 valence electrons. The van der Waals surface area contributed by atoms with E-state index in [1.807, 2.05) is 13.1 Å². The lowest BCUT2D eigenvalue weighted by atomic mass is 9.92. The molecule has 2 aromatic heterocycles. The average Bonchev–Trinajstić information content (AvgIpc) is 3.54. The number of rotatable bonds is 10. The molecule has 4 aromatic carbocycles. The van der Waals surface area contributed by atoms with Crippen LogP contribution in [0.2, 0.25) is 0 Å². The Balaban J connectivity index is 1.29. The number of carbonyl (C=O) groups excluding carboxylic acids is 1. The number of hydrogen-bond acceptors (Lipinski definition) is 4. The van der Waals surface area contributed by atoms with Gasteiger partial charge in [-0.3, -0.25) is 4.79 Å². The highest BCUT2D eigenvalue weighted by Crippen LogP contribution is 2.35. The van der Waals surface area contributed by atoms with Crippen molar-refractivity contribution in [1.29, 1.82) is 0 Å².